The average Bonchev–Trinajstić information content (AvgIpc) is 2.96. The predicted molar refractivity (Wildman–Crippen MR) is 75.9 cm³/mol. The fraction of sp³-hybridized carbons (Fsp3) is 0.133. The maximum absolute atomic E-state index is 14.7. The minimum Gasteiger partial charge on any atom is -0.370 e. The zero-order chi connectivity index (χ0) is 14.8. The molecule has 0 saturated carbocycles. The highest BCUT2D eigenvalue weighted by molar-refractivity contribution is 5.81. The molecule has 0 aliphatic carbocycles. The molecule has 0 spiro atoms. The fourth-order valence-electron chi connectivity index (χ4n) is 2.46. The van der Waals surface area contributed by atoms with E-state index in [0.29, 0.717) is 16.5 Å². The highest BCUT2D eigenvalue weighted by Crippen LogP contribution is 2.32. The van der Waals surface area contributed by atoms with Crippen LogP contribution in [0.2, 0.25) is 0 Å². The first kappa shape index (κ1) is 13.2. The molecule has 1 aromatic carbocycles. The van der Waals surface area contributed by atoms with E-state index in [9.17, 15) is 9.18 Å². The summed E-state index contributed by atoms with van der Waals surface area (Å²) in [5.74, 6) is -1.35. The molecular formula is C15H13FN4O. The van der Waals surface area contributed by atoms with Gasteiger partial charge in [0.1, 0.15) is 5.82 Å². The highest BCUT2D eigenvalue weighted by Gasteiger charge is 2.22. The van der Waals surface area contributed by atoms with Crippen LogP contribution in [0.15, 0.2) is 42.9 Å². The van der Waals surface area contributed by atoms with Crippen LogP contribution >= 0.6 is 0 Å². The number of amides is 1. The number of hydrogen-bond donors (Lipinski definition) is 2. The van der Waals surface area contributed by atoms with Gasteiger partial charge in [0.25, 0.3) is 0 Å². The minimum absolute atomic E-state index is 0.0198. The summed E-state index contributed by atoms with van der Waals surface area (Å²) in [6.45, 7) is 0. The quantitative estimate of drug-likeness (QED) is 0.769. The van der Waals surface area contributed by atoms with Gasteiger partial charge in [-0.25, -0.2) is 4.39 Å². The zero-order valence-corrected chi connectivity index (χ0v) is 11.1. The van der Waals surface area contributed by atoms with E-state index in [2.05, 4.69) is 15.2 Å². The van der Waals surface area contributed by atoms with Crippen molar-refractivity contribution in [3.63, 3.8) is 0 Å². The van der Waals surface area contributed by atoms with E-state index in [1.54, 1.807) is 36.7 Å². The summed E-state index contributed by atoms with van der Waals surface area (Å²) in [4.78, 5) is 15.4. The molecule has 3 rings (SSSR count). The van der Waals surface area contributed by atoms with Crippen LogP contribution in [0.25, 0.3) is 10.9 Å². The molecule has 106 valence electrons. The molecule has 0 radical (unpaired) electrons. The van der Waals surface area contributed by atoms with Crippen LogP contribution in [0.1, 0.15) is 23.5 Å². The van der Waals surface area contributed by atoms with Crippen molar-refractivity contribution < 1.29 is 9.18 Å². The lowest BCUT2D eigenvalue weighted by Crippen LogP contribution is -2.17. The van der Waals surface area contributed by atoms with Gasteiger partial charge in [-0.1, -0.05) is 12.1 Å². The Morgan fingerprint density at radius 3 is 2.90 bits per heavy atom. The normalized spacial score (nSPS) is 12.4. The lowest BCUT2D eigenvalue weighted by atomic mass is 9.88. The highest BCUT2D eigenvalue weighted by atomic mass is 19.1. The van der Waals surface area contributed by atoms with Crippen molar-refractivity contribution in [2.24, 2.45) is 5.73 Å². The average molecular weight is 284 g/mol. The third kappa shape index (κ3) is 2.47. The maximum atomic E-state index is 14.7. The summed E-state index contributed by atoms with van der Waals surface area (Å²) < 4.78 is 14.7. The largest absolute Gasteiger partial charge is 0.370 e. The van der Waals surface area contributed by atoms with Crippen LogP contribution < -0.4 is 5.73 Å². The Hall–Kier alpha value is -2.76. The molecule has 6 heteroatoms. The minimum atomic E-state index is -0.490. The number of benzene rings is 1. The molecule has 0 aliphatic rings. The second-order valence-electron chi connectivity index (χ2n) is 4.81. The summed E-state index contributed by atoms with van der Waals surface area (Å²) in [7, 11) is 0. The number of nitrogens with two attached hydrogens (primary N) is 1. The molecule has 1 amide bonds. The number of H-pyrrole nitrogens is 1. The zero-order valence-electron chi connectivity index (χ0n) is 11.1. The molecule has 3 aromatic rings. The SMILES string of the molecule is NC(=O)CC(c1cccnc1)c1ccc2[nH]ncc2c1F. The molecule has 1 unspecified atom stereocenters. The van der Waals surface area contributed by atoms with E-state index in [1.807, 2.05) is 0 Å². The Bertz CT molecular complexity index is 785. The maximum Gasteiger partial charge on any atom is 0.218 e. The van der Waals surface area contributed by atoms with E-state index in [1.165, 1.54) is 6.20 Å². The number of carbonyl (C=O) groups excluding carboxylic acids is 1. The van der Waals surface area contributed by atoms with E-state index < -0.39 is 17.6 Å². The number of pyridine rings is 1. The predicted octanol–water partition coefficient (Wildman–Crippen LogP) is 2.10. The first-order valence-corrected chi connectivity index (χ1v) is 6.46. The number of carbonyl (C=O) groups is 1. The summed E-state index contributed by atoms with van der Waals surface area (Å²) in [5, 5.41) is 6.93. The second-order valence-corrected chi connectivity index (χ2v) is 4.81. The lowest BCUT2D eigenvalue weighted by Gasteiger charge is -2.17. The first-order valence-electron chi connectivity index (χ1n) is 6.46. The Morgan fingerprint density at radius 1 is 1.33 bits per heavy atom. The van der Waals surface area contributed by atoms with E-state index in [4.69, 9.17) is 5.73 Å². The van der Waals surface area contributed by atoms with Crippen molar-refractivity contribution in [2.45, 2.75) is 12.3 Å². The van der Waals surface area contributed by atoms with E-state index in [0.717, 1.165) is 5.56 Å². The van der Waals surface area contributed by atoms with Gasteiger partial charge in [0.15, 0.2) is 0 Å². The van der Waals surface area contributed by atoms with Gasteiger partial charge in [-0.05, 0) is 23.3 Å². The van der Waals surface area contributed by atoms with Crippen molar-refractivity contribution in [3.05, 3.63) is 59.8 Å². The Morgan fingerprint density at radius 2 is 2.19 bits per heavy atom. The molecule has 0 saturated heterocycles. The van der Waals surface area contributed by atoms with Crippen molar-refractivity contribution in [1.29, 1.82) is 0 Å². The van der Waals surface area contributed by atoms with Gasteiger partial charge >= 0.3 is 0 Å². The van der Waals surface area contributed by atoms with Gasteiger partial charge in [-0.2, -0.15) is 5.10 Å². The number of nitrogens with one attached hydrogen (secondary N) is 1. The van der Waals surface area contributed by atoms with Crippen molar-refractivity contribution in [3.8, 4) is 0 Å². The van der Waals surface area contributed by atoms with Crippen LogP contribution in [-0.4, -0.2) is 21.1 Å². The van der Waals surface area contributed by atoms with Gasteiger partial charge < -0.3 is 5.73 Å². The molecule has 21 heavy (non-hydrogen) atoms. The molecule has 2 aromatic heterocycles. The molecule has 0 aliphatic heterocycles. The van der Waals surface area contributed by atoms with Gasteiger partial charge in [-0.3, -0.25) is 14.9 Å². The molecule has 5 nitrogen and oxygen atoms in total. The molecule has 0 fully saturated rings. The number of fused-ring (bicyclic) bond motifs is 1. The van der Waals surface area contributed by atoms with Gasteiger partial charge in [0, 0.05) is 24.7 Å². The molecular weight excluding hydrogens is 271 g/mol. The van der Waals surface area contributed by atoms with Crippen molar-refractivity contribution >= 4 is 16.8 Å². The summed E-state index contributed by atoms with van der Waals surface area (Å²) in [6, 6.07) is 6.94. The van der Waals surface area contributed by atoms with Crippen LogP contribution in [0.5, 0.6) is 0 Å². The number of aromatic amines is 1. The number of halogens is 1. The van der Waals surface area contributed by atoms with Crippen molar-refractivity contribution in [2.75, 3.05) is 0 Å². The number of nitrogens with zero attached hydrogens (tertiary/aromatic N) is 2. The summed E-state index contributed by atoms with van der Waals surface area (Å²) in [5.41, 5.74) is 7.08. The standard InChI is InChI=1S/C15H13FN4O/c16-15-10(3-4-13-12(15)8-19-20-13)11(6-14(17)21)9-2-1-5-18-7-9/h1-5,7-8,11H,6H2,(H2,17,21)(H,19,20). The molecule has 1 atom stereocenters. The Balaban J connectivity index is 2.14. The Labute approximate surface area is 120 Å². The second kappa shape index (κ2) is 5.32. The lowest BCUT2D eigenvalue weighted by molar-refractivity contribution is -0.118. The van der Waals surface area contributed by atoms with E-state index in [-0.39, 0.29) is 6.42 Å². The van der Waals surface area contributed by atoms with Gasteiger partial charge in [0.05, 0.1) is 17.1 Å². The monoisotopic (exact) mass is 284 g/mol. The number of hydrogen-bond acceptors (Lipinski definition) is 3. The van der Waals surface area contributed by atoms with Crippen LogP contribution in [0.3, 0.4) is 0 Å². The summed E-state index contributed by atoms with van der Waals surface area (Å²) in [6.07, 6.45) is 4.69. The fourth-order valence-corrected chi connectivity index (χ4v) is 2.46. The van der Waals surface area contributed by atoms with Crippen LogP contribution in [-0.2, 0) is 4.79 Å². The molecule has 3 N–H and O–H groups in total. The Kier molecular flexibility index (Phi) is 3.35. The molecule has 0 bridgehead atoms. The first-order chi connectivity index (χ1) is 10.2. The van der Waals surface area contributed by atoms with Gasteiger partial charge in [0.2, 0.25) is 5.91 Å². The van der Waals surface area contributed by atoms with Gasteiger partial charge in [-0.15, -0.1) is 0 Å². The van der Waals surface area contributed by atoms with E-state index >= 15 is 0 Å². The smallest absolute Gasteiger partial charge is 0.218 e. The van der Waals surface area contributed by atoms with Crippen molar-refractivity contribution in [1.82, 2.24) is 15.2 Å². The topological polar surface area (TPSA) is 84.7 Å². The molecule has 2 heterocycles. The third-order valence-corrected chi connectivity index (χ3v) is 3.46. The van der Waals surface area contributed by atoms with Crippen LogP contribution in [0, 0.1) is 5.82 Å². The summed E-state index contributed by atoms with van der Waals surface area (Å²) >= 11 is 0. The third-order valence-electron chi connectivity index (χ3n) is 3.46. The number of primary amides is 1. The number of rotatable bonds is 4. The van der Waals surface area contributed by atoms with Crippen LogP contribution in [0.4, 0.5) is 4.39 Å². The number of aromatic nitrogens is 3.